The molecule has 1 aromatic carbocycles. The third-order valence-corrected chi connectivity index (χ3v) is 2.30. The van der Waals surface area contributed by atoms with Crippen molar-refractivity contribution in [3.8, 4) is 0 Å². The standard InChI is InChI=1S/C11H14ClNO3/c1-11(16,6-10(14)15)7-13-9-4-2-8(12)3-5-9/h2-5,13,16H,6-7H2,1H3,(H,14,15). The average Bonchev–Trinajstić information content (AvgIpc) is 2.15. The number of halogens is 1. The molecule has 5 heteroatoms. The summed E-state index contributed by atoms with van der Waals surface area (Å²) in [5, 5.41) is 21.9. The van der Waals surface area contributed by atoms with Crippen LogP contribution in [0.15, 0.2) is 24.3 Å². The third-order valence-electron chi connectivity index (χ3n) is 2.05. The molecule has 0 aromatic heterocycles. The maximum Gasteiger partial charge on any atom is 0.306 e. The van der Waals surface area contributed by atoms with E-state index in [9.17, 15) is 9.90 Å². The molecular formula is C11H14ClNO3. The lowest BCUT2D eigenvalue weighted by molar-refractivity contribution is -0.141. The van der Waals surface area contributed by atoms with Gasteiger partial charge < -0.3 is 15.5 Å². The van der Waals surface area contributed by atoms with Crippen LogP contribution in [0.5, 0.6) is 0 Å². The number of benzene rings is 1. The number of carboxylic acid groups (broad SMARTS) is 1. The van der Waals surface area contributed by atoms with Gasteiger partial charge in [0.1, 0.15) is 0 Å². The first-order valence-corrected chi connectivity index (χ1v) is 5.20. The molecule has 0 aliphatic carbocycles. The van der Waals surface area contributed by atoms with Gasteiger partial charge >= 0.3 is 5.97 Å². The molecule has 0 radical (unpaired) electrons. The van der Waals surface area contributed by atoms with Crippen LogP contribution in [0.1, 0.15) is 13.3 Å². The maximum absolute atomic E-state index is 10.5. The summed E-state index contributed by atoms with van der Waals surface area (Å²) in [4.78, 5) is 10.5. The van der Waals surface area contributed by atoms with Gasteiger partial charge in [-0.2, -0.15) is 0 Å². The molecule has 1 unspecified atom stereocenters. The summed E-state index contributed by atoms with van der Waals surface area (Å²) < 4.78 is 0. The van der Waals surface area contributed by atoms with E-state index in [1.165, 1.54) is 6.92 Å². The summed E-state index contributed by atoms with van der Waals surface area (Å²) in [6.07, 6.45) is -0.298. The molecule has 1 aromatic rings. The van der Waals surface area contributed by atoms with E-state index in [-0.39, 0.29) is 13.0 Å². The van der Waals surface area contributed by atoms with E-state index in [1.807, 2.05) is 0 Å². The number of hydrogen-bond acceptors (Lipinski definition) is 3. The highest BCUT2D eigenvalue weighted by Gasteiger charge is 2.23. The second-order valence-corrected chi connectivity index (χ2v) is 4.36. The van der Waals surface area contributed by atoms with Gasteiger partial charge in [0.15, 0.2) is 0 Å². The smallest absolute Gasteiger partial charge is 0.306 e. The van der Waals surface area contributed by atoms with Gasteiger partial charge in [0.25, 0.3) is 0 Å². The Morgan fingerprint density at radius 2 is 2.00 bits per heavy atom. The van der Waals surface area contributed by atoms with Gasteiger partial charge in [0.05, 0.1) is 12.0 Å². The monoisotopic (exact) mass is 243 g/mol. The van der Waals surface area contributed by atoms with E-state index in [2.05, 4.69) is 5.32 Å². The predicted octanol–water partition coefficient (Wildman–Crippen LogP) is 1.98. The average molecular weight is 244 g/mol. The lowest BCUT2D eigenvalue weighted by Gasteiger charge is -2.22. The van der Waals surface area contributed by atoms with Crippen LogP contribution in [0.4, 0.5) is 5.69 Å². The van der Waals surface area contributed by atoms with Gasteiger partial charge in [-0.05, 0) is 31.2 Å². The molecule has 1 rings (SSSR count). The van der Waals surface area contributed by atoms with Crippen LogP contribution in [-0.4, -0.2) is 28.3 Å². The fourth-order valence-electron chi connectivity index (χ4n) is 1.25. The lowest BCUT2D eigenvalue weighted by Crippen LogP contribution is -2.35. The Kier molecular flexibility index (Phi) is 4.15. The Labute approximate surface area is 98.9 Å². The molecule has 88 valence electrons. The molecule has 0 aliphatic heterocycles. The van der Waals surface area contributed by atoms with Crippen LogP contribution in [0.3, 0.4) is 0 Å². The molecule has 0 fully saturated rings. The van der Waals surface area contributed by atoms with Crippen molar-refractivity contribution in [2.45, 2.75) is 18.9 Å². The molecule has 4 nitrogen and oxygen atoms in total. The molecule has 0 heterocycles. The van der Waals surface area contributed by atoms with Crippen molar-refractivity contribution in [1.82, 2.24) is 0 Å². The molecule has 1 atom stereocenters. The van der Waals surface area contributed by atoms with Crippen molar-refractivity contribution in [3.05, 3.63) is 29.3 Å². The molecule has 0 saturated heterocycles. The van der Waals surface area contributed by atoms with Gasteiger partial charge in [-0.25, -0.2) is 0 Å². The first-order chi connectivity index (χ1) is 7.39. The predicted molar refractivity (Wildman–Crippen MR) is 62.8 cm³/mol. The van der Waals surface area contributed by atoms with Crippen molar-refractivity contribution < 1.29 is 15.0 Å². The van der Waals surface area contributed by atoms with Gasteiger partial charge in [0, 0.05) is 17.3 Å². The normalized spacial score (nSPS) is 14.2. The van der Waals surface area contributed by atoms with E-state index in [0.29, 0.717) is 5.02 Å². The summed E-state index contributed by atoms with van der Waals surface area (Å²) >= 11 is 5.72. The molecule has 0 spiro atoms. The number of aliphatic hydroxyl groups is 1. The van der Waals surface area contributed by atoms with Crippen LogP contribution in [0.25, 0.3) is 0 Å². The summed E-state index contributed by atoms with van der Waals surface area (Å²) in [7, 11) is 0. The summed E-state index contributed by atoms with van der Waals surface area (Å²) in [5.41, 5.74) is -0.485. The number of hydrogen-bond donors (Lipinski definition) is 3. The molecule has 0 saturated carbocycles. The second kappa shape index (κ2) is 5.18. The minimum atomic E-state index is -1.27. The fourth-order valence-corrected chi connectivity index (χ4v) is 1.37. The van der Waals surface area contributed by atoms with E-state index >= 15 is 0 Å². The summed E-state index contributed by atoms with van der Waals surface area (Å²) in [6, 6.07) is 6.96. The minimum Gasteiger partial charge on any atom is -0.481 e. The molecule has 0 aliphatic rings. The van der Waals surface area contributed by atoms with E-state index in [4.69, 9.17) is 16.7 Å². The number of aliphatic carboxylic acids is 1. The lowest BCUT2D eigenvalue weighted by atomic mass is 10.0. The zero-order valence-electron chi connectivity index (χ0n) is 8.90. The number of nitrogens with one attached hydrogen (secondary N) is 1. The van der Waals surface area contributed by atoms with Crippen molar-refractivity contribution in [2.24, 2.45) is 0 Å². The van der Waals surface area contributed by atoms with Crippen molar-refractivity contribution in [2.75, 3.05) is 11.9 Å². The molecule has 0 amide bonds. The Balaban J connectivity index is 2.50. The van der Waals surface area contributed by atoms with Crippen LogP contribution in [0.2, 0.25) is 5.02 Å². The summed E-state index contributed by atoms with van der Waals surface area (Å²) in [5.74, 6) is -1.03. The van der Waals surface area contributed by atoms with Crippen molar-refractivity contribution in [1.29, 1.82) is 0 Å². The second-order valence-electron chi connectivity index (χ2n) is 3.93. The highest BCUT2D eigenvalue weighted by molar-refractivity contribution is 6.30. The highest BCUT2D eigenvalue weighted by Crippen LogP contribution is 2.15. The third kappa shape index (κ3) is 4.51. The zero-order chi connectivity index (χ0) is 12.2. The number of rotatable bonds is 5. The maximum atomic E-state index is 10.5. The van der Waals surface area contributed by atoms with Gasteiger partial charge in [-0.15, -0.1) is 0 Å². The molecule has 0 bridgehead atoms. The quantitative estimate of drug-likeness (QED) is 0.740. The van der Waals surface area contributed by atoms with Crippen LogP contribution >= 0.6 is 11.6 Å². The first kappa shape index (κ1) is 12.8. The van der Waals surface area contributed by atoms with Crippen LogP contribution < -0.4 is 5.32 Å². The van der Waals surface area contributed by atoms with Crippen molar-refractivity contribution in [3.63, 3.8) is 0 Å². The Morgan fingerprint density at radius 3 is 2.50 bits per heavy atom. The van der Waals surface area contributed by atoms with E-state index in [1.54, 1.807) is 24.3 Å². The van der Waals surface area contributed by atoms with Crippen molar-refractivity contribution >= 4 is 23.3 Å². The van der Waals surface area contributed by atoms with Gasteiger partial charge in [0.2, 0.25) is 0 Å². The molecular weight excluding hydrogens is 230 g/mol. The zero-order valence-corrected chi connectivity index (χ0v) is 9.66. The summed E-state index contributed by atoms with van der Waals surface area (Å²) in [6.45, 7) is 1.64. The number of anilines is 1. The molecule has 16 heavy (non-hydrogen) atoms. The SMILES string of the molecule is CC(O)(CNc1ccc(Cl)cc1)CC(=O)O. The van der Waals surface area contributed by atoms with E-state index in [0.717, 1.165) is 5.69 Å². The fraction of sp³-hybridized carbons (Fsp3) is 0.364. The van der Waals surface area contributed by atoms with Crippen LogP contribution in [-0.2, 0) is 4.79 Å². The Bertz CT molecular complexity index is 362. The first-order valence-electron chi connectivity index (χ1n) is 4.83. The minimum absolute atomic E-state index is 0.168. The number of carboxylic acids is 1. The topological polar surface area (TPSA) is 69.6 Å². The highest BCUT2D eigenvalue weighted by atomic mass is 35.5. The molecule has 3 N–H and O–H groups in total. The Hall–Kier alpha value is -1.26. The Morgan fingerprint density at radius 1 is 1.44 bits per heavy atom. The van der Waals surface area contributed by atoms with Gasteiger partial charge in [-0.1, -0.05) is 11.6 Å². The van der Waals surface area contributed by atoms with Crippen LogP contribution in [0, 0.1) is 0 Å². The largest absolute Gasteiger partial charge is 0.481 e. The number of carbonyl (C=O) groups is 1. The van der Waals surface area contributed by atoms with Gasteiger partial charge in [-0.3, -0.25) is 4.79 Å². The van der Waals surface area contributed by atoms with E-state index < -0.39 is 11.6 Å².